The maximum Gasteiger partial charge on any atom is 0.119 e. The van der Waals surface area contributed by atoms with E-state index in [0.717, 1.165) is 5.56 Å². The van der Waals surface area contributed by atoms with E-state index in [0.29, 0.717) is 5.75 Å². The topological polar surface area (TPSA) is 20.2 Å². The van der Waals surface area contributed by atoms with Crippen LogP contribution in [0.15, 0.2) is 78.9 Å². The number of phenolic OH excluding ortho intramolecular Hbond substituents is 1. The smallest absolute Gasteiger partial charge is 0.119 e. The van der Waals surface area contributed by atoms with Gasteiger partial charge in [-0.3, -0.25) is 0 Å². The first-order chi connectivity index (χ1) is 11.8. The summed E-state index contributed by atoms with van der Waals surface area (Å²) in [5.41, 5.74) is 4.23. The minimum absolute atomic E-state index is 0. The monoisotopic (exact) mass is 378 g/mol. The van der Waals surface area contributed by atoms with Gasteiger partial charge in [-0.05, 0) is 22.8 Å². The molecule has 0 unspecified atom stereocenters. The average Bonchev–Trinajstić information content (AvgIpc) is 2.63. The Morgan fingerprint density at radius 2 is 1.04 bits per heavy atom. The summed E-state index contributed by atoms with van der Waals surface area (Å²) < 4.78 is 0. The minimum atomic E-state index is -0.270. The van der Waals surface area contributed by atoms with Crippen LogP contribution in [0.4, 0.5) is 0 Å². The number of benzene rings is 3. The predicted molar refractivity (Wildman–Crippen MR) is 105 cm³/mol. The summed E-state index contributed by atoms with van der Waals surface area (Å²) in [5, 5.41) is 10.6. The normalized spacial score (nSPS) is 11.7. The molecule has 0 bridgehead atoms. The Morgan fingerprint density at radius 3 is 1.54 bits per heavy atom. The zero-order valence-corrected chi connectivity index (χ0v) is 17.5. The standard InChI is InChI=1S/C24H26O.Ti/c1-23(2,18-11-7-5-8-12-18)20-15-16-22(25)21(17-20)24(3,4)19-13-9-6-10-14-19;/h5-17,25H,1-4H3;. The van der Waals surface area contributed by atoms with Gasteiger partial charge in [0.15, 0.2) is 0 Å². The van der Waals surface area contributed by atoms with Crippen LogP contribution in [0.1, 0.15) is 49.9 Å². The third kappa shape index (κ3) is 3.80. The van der Waals surface area contributed by atoms with Gasteiger partial charge in [0.2, 0.25) is 0 Å². The summed E-state index contributed by atoms with van der Waals surface area (Å²) in [6.45, 7) is 8.79. The van der Waals surface area contributed by atoms with Gasteiger partial charge in [0.25, 0.3) is 0 Å². The van der Waals surface area contributed by atoms with E-state index in [9.17, 15) is 5.11 Å². The minimum Gasteiger partial charge on any atom is -0.508 e. The quantitative estimate of drug-likeness (QED) is 0.549. The largest absolute Gasteiger partial charge is 0.508 e. The van der Waals surface area contributed by atoms with Crippen LogP contribution in [0.2, 0.25) is 0 Å². The van der Waals surface area contributed by atoms with Crippen LogP contribution in [-0.4, -0.2) is 5.11 Å². The molecule has 1 nitrogen and oxygen atoms in total. The maximum absolute atomic E-state index is 10.6. The Labute approximate surface area is 172 Å². The van der Waals surface area contributed by atoms with Gasteiger partial charge in [-0.1, -0.05) is 100 Å². The van der Waals surface area contributed by atoms with Gasteiger partial charge < -0.3 is 5.11 Å². The van der Waals surface area contributed by atoms with Crippen LogP contribution in [0, 0.1) is 0 Å². The third-order valence-electron chi connectivity index (χ3n) is 5.38. The van der Waals surface area contributed by atoms with Crippen LogP contribution >= 0.6 is 0 Å². The first kappa shape index (κ1) is 20.5. The number of phenols is 1. The molecule has 3 aromatic rings. The van der Waals surface area contributed by atoms with Crippen molar-refractivity contribution in [2.24, 2.45) is 0 Å². The van der Waals surface area contributed by atoms with E-state index in [4.69, 9.17) is 0 Å². The molecule has 26 heavy (non-hydrogen) atoms. The summed E-state index contributed by atoms with van der Waals surface area (Å²) in [7, 11) is 0. The molecule has 2 heteroatoms. The van der Waals surface area contributed by atoms with Crippen molar-refractivity contribution in [2.75, 3.05) is 0 Å². The summed E-state index contributed by atoms with van der Waals surface area (Å²) in [6.07, 6.45) is 0. The van der Waals surface area contributed by atoms with E-state index >= 15 is 0 Å². The van der Waals surface area contributed by atoms with Crippen molar-refractivity contribution in [1.29, 1.82) is 0 Å². The molecule has 0 aliphatic carbocycles. The second kappa shape index (κ2) is 7.82. The molecule has 0 spiro atoms. The van der Waals surface area contributed by atoms with Gasteiger partial charge in [0.05, 0.1) is 0 Å². The number of hydrogen-bond acceptors (Lipinski definition) is 1. The Bertz CT molecular complexity index is 852. The van der Waals surface area contributed by atoms with Gasteiger partial charge in [0.1, 0.15) is 5.75 Å². The summed E-state index contributed by atoms with van der Waals surface area (Å²) in [5.74, 6) is 0.349. The van der Waals surface area contributed by atoms with Gasteiger partial charge in [-0.15, -0.1) is 0 Å². The zero-order chi connectivity index (χ0) is 18.1. The molecular weight excluding hydrogens is 352 g/mol. The molecule has 0 amide bonds. The average molecular weight is 378 g/mol. The molecule has 0 aliphatic heterocycles. The fraction of sp³-hybridized carbons (Fsp3) is 0.250. The molecule has 0 fully saturated rings. The summed E-state index contributed by atoms with van der Waals surface area (Å²) in [4.78, 5) is 0. The van der Waals surface area contributed by atoms with Crippen molar-refractivity contribution >= 4 is 0 Å². The van der Waals surface area contributed by atoms with Crippen molar-refractivity contribution in [3.8, 4) is 5.75 Å². The van der Waals surface area contributed by atoms with E-state index in [1.165, 1.54) is 16.7 Å². The number of aromatic hydroxyl groups is 1. The molecule has 0 saturated heterocycles. The Kier molecular flexibility index (Phi) is 6.16. The first-order valence-electron chi connectivity index (χ1n) is 8.78. The second-order valence-corrected chi connectivity index (χ2v) is 7.71. The van der Waals surface area contributed by atoms with Crippen molar-refractivity contribution in [3.63, 3.8) is 0 Å². The van der Waals surface area contributed by atoms with Gasteiger partial charge in [-0.2, -0.15) is 0 Å². The van der Waals surface area contributed by atoms with Gasteiger partial charge >= 0.3 is 0 Å². The molecule has 3 aromatic carbocycles. The molecule has 0 atom stereocenters. The molecule has 0 heterocycles. The Morgan fingerprint density at radius 1 is 0.577 bits per heavy atom. The fourth-order valence-electron chi connectivity index (χ4n) is 3.46. The number of rotatable bonds is 4. The van der Waals surface area contributed by atoms with Gasteiger partial charge in [0, 0.05) is 38.1 Å². The van der Waals surface area contributed by atoms with Crippen LogP contribution in [0.5, 0.6) is 5.75 Å². The van der Waals surface area contributed by atoms with E-state index in [-0.39, 0.29) is 32.5 Å². The third-order valence-corrected chi connectivity index (χ3v) is 5.38. The molecule has 132 valence electrons. The van der Waals surface area contributed by atoms with Crippen molar-refractivity contribution < 1.29 is 26.8 Å². The van der Waals surface area contributed by atoms with Crippen molar-refractivity contribution in [2.45, 2.75) is 38.5 Å². The van der Waals surface area contributed by atoms with Crippen LogP contribution in [0.25, 0.3) is 0 Å². The van der Waals surface area contributed by atoms with Crippen LogP contribution in [0.3, 0.4) is 0 Å². The van der Waals surface area contributed by atoms with Gasteiger partial charge in [-0.25, -0.2) is 0 Å². The number of hydrogen-bond donors (Lipinski definition) is 1. The SMILES string of the molecule is CC(C)(c1ccccc1)c1ccc(O)c(C(C)(C)c2ccccc2)c1.[Ti]. The molecule has 0 aliphatic rings. The van der Waals surface area contributed by atoms with E-state index in [1.54, 1.807) is 0 Å². The molecule has 3 rings (SSSR count). The van der Waals surface area contributed by atoms with E-state index in [2.05, 4.69) is 70.2 Å². The van der Waals surface area contributed by atoms with Crippen LogP contribution < -0.4 is 0 Å². The molecule has 1 N–H and O–H groups in total. The molecule has 0 radical (unpaired) electrons. The molecular formula is C24H26OTi. The predicted octanol–water partition coefficient (Wildman–Crippen LogP) is 6.04. The summed E-state index contributed by atoms with van der Waals surface area (Å²) in [6, 6.07) is 26.9. The van der Waals surface area contributed by atoms with E-state index < -0.39 is 0 Å². The van der Waals surface area contributed by atoms with Crippen LogP contribution in [-0.2, 0) is 32.5 Å². The van der Waals surface area contributed by atoms with Crippen molar-refractivity contribution in [3.05, 3.63) is 101 Å². The van der Waals surface area contributed by atoms with E-state index in [1.807, 2.05) is 36.4 Å². The van der Waals surface area contributed by atoms with Crippen molar-refractivity contribution in [1.82, 2.24) is 0 Å². The fourth-order valence-corrected chi connectivity index (χ4v) is 3.46. The summed E-state index contributed by atoms with van der Waals surface area (Å²) >= 11 is 0. The Hall–Kier alpha value is -1.83. The maximum atomic E-state index is 10.6. The molecule has 0 saturated carbocycles. The zero-order valence-electron chi connectivity index (χ0n) is 16.0. The molecule has 0 aromatic heterocycles. The second-order valence-electron chi connectivity index (χ2n) is 7.71. The Balaban J connectivity index is 0.00000243. The first-order valence-corrected chi connectivity index (χ1v) is 8.78.